The normalized spacial score (nSPS) is 10.9. The SMILES string of the molecule is CSc1ccc(CNC(=O)c2cccn3c(-c4ccc(F)cc4)ncc23)cn1. The molecule has 0 aliphatic carbocycles. The topological polar surface area (TPSA) is 59.3 Å². The van der Waals surface area contributed by atoms with Crippen LogP contribution >= 0.6 is 11.8 Å². The molecule has 4 rings (SSSR count). The molecule has 0 aliphatic rings. The van der Waals surface area contributed by atoms with Crippen molar-refractivity contribution in [1.29, 1.82) is 0 Å². The zero-order chi connectivity index (χ0) is 19.5. The molecule has 0 aliphatic heterocycles. The zero-order valence-corrected chi connectivity index (χ0v) is 15.9. The first-order chi connectivity index (χ1) is 13.7. The Kier molecular flexibility index (Phi) is 5.08. The van der Waals surface area contributed by atoms with Crippen LogP contribution in [0.3, 0.4) is 0 Å². The van der Waals surface area contributed by atoms with Crippen molar-refractivity contribution in [3.8, 4) is 11.4 Å². The van der Waals surface area contributed by atoms with E-state index in [9.17, 15) is 9.18 Å². The number of thioether (sulfide) groups is 1. The fourth-order valence-corrected chi connectivity index (χ4v) is 3.30. The van der Waals surface area contributed by atoms with Crippen LogP contribution in [-0.4, -0.2) is 26.5 Å². The van der Waals surface area contributed by atoms with Crippen LogP contribution in [0.2, 0.25) is 0 Å². The minimum atomic E-state index is -0.301. The third kappa shape index (κ3) is 3.61. The van der Waals surface area contributed by atoms with E-state index in [1.54, 1.807) is 48.4 Å². The minimum absolute atomic E-state index is 0.190. The van der Waals surface area contributed by atoms with Crippen molar-refractivity contribution >= 4 is 23.2 Å². The van der Waals surface area contributed by atoms with Crippen LogP contribution in [0.4, 0.5) is 4.39 Å². The molecule has 140 valence electrons. The number of carbonyl (C=O) groups is 1. The van der Waals surface area contributed by atoms with Gasteiger partial charge in [0.05, 0.1) is 22.3 Å². The van der Waals surface area contributed by atoms with Crippen LogP contribution in [0.5, 0.6) is 0 Å². The van der Waals surface area contributed by atoms with Gasteiger partial charge in [-0.05, 0) is 54.3 Å². The average Bonchev–Trinajstić information content (AvgIpc) is 3.17. The molecule has 7 heteroatoms. The summed E-state index contributed by atoms with van der Waals surface area (Å²) in [5, 5.41) is 3.86. The monoisotopic (exact) mass is 392 g/mol. The number of carbonyl (C=O) groups excluding carboxylic acids is 1. The average molecular weight is 392 g/mol. The number of amides is 1. The highest BCUT2D eigenvalue weighted by molar-refractivity contribution is 7.98. The number of fused-ring (bicyclic) bond motifs is 1. The number of rotatable bonds is 5. The molecule has 0 bridgehead atoms. The Morgan fingerprint density at radius 3 is 2.64 bits per heavy atom. The smallest absolute Gasteiger partial charge is 0.253 e. The van der Waals surface area contributed by atoms with Gasteiger partial charge in [-0.15, -0.1) is 11.8 Å². The van der Waals surface area contributed by atoms with Crippen LogP contribution in [0.15, 0.2) is 72.1 Å². The third-order valence-corrected chi connectivity index (χ3v) is 5.04. The van der Waals surface area contributed by atoms with Gasteiger partial charge in [0.2, 0.25) is 0 Å². The molecule has 28 heavy (non-hydrogen) atoms. The summed E-state index contributed by atoms with van der Waals surface area (Å²) in [5.74, 6) is 0.163. The summed E-state index contributed by atoms with van der Waals surface area (Å²) in [6.07, 6.45) is 7.22. The second-order valence-electron chi connectivity index (χ2n) is 6.16. The molecule has 3 aromatic heterocycles. The molecule has 0 spiro atoms. The molecule has 0 saturated heterocycles. The Hall–Kier alpha value is -3.19. The molecule has 0 fully saturated rings. The molecule has 0 unspecified atom stereocenters. The van der Waals surface area contributed by atoms with Crippen LogP contribution in [-0.2, 0) is 6.54 Å². The molecule has 1 amide bonds. The Morgan fingerprint density at radius 1 is 1.11 bits per heavy atom. The second-order valence-corrected chi connectivity index (χ2v) is 6.98. The maximum Gasteiger partial charge on any atom is 0.253 e. The van der Waals surface area contributed by atoms with Gasteiger partial charge in [-0.25, -0.2) is 14.4 Å². The van der Waals surface area contributed by atoms with Gasteiger partial charge < -0.3 is 5.32 Å². The quantitative estimate of drug-likeness (QED) is 0.518. The van der Waals surface area contributed by atoms with E-state index >= 15 is 0 Å². The van der Waals surface area contributed by atoms with Crippen molar-refractivity contribution in [1.82, 2.24) is 19.7 Å². The molecule has 3 heterocycles. The summed E-state index contributed by atoms with van der Waals surface area (Å²) in [6.45, 7) is 0.389. The lowest BCUT2D eigenvalue weighted by molar-refractivity contribution is 0.0952. The van der Waals surface area contributed by atoms with Gasteiger partial charge in [0, 0.05) is 24.5 Å². The van der Waals surface area contributed by atoms with Gasteiger partial charge in [0.15, 0.2) is 0 Å². The van der Waals surface area contributed by atoms with Crippen molar-refractivity contribution in [2.75, 3.05) is 6.26 Å². The zero-order valence-electron chi connectivity index (χ0n) is 15.1. The Morgan fingerprint density at radius 2 is 1.93 bits per heavy atom. The van der Waals surface area contributed by atoms with Crippen LogP contribution < -0.4 is 5.32 Å². The lowest BCUT2D eigenvalue weighted by Gasteiger charge is -2.08. The first-order valence-corrected chi connectivity index (χ1v) is 9.87. The number of benzene rings is 1. The van der Waals surface area contributed by atoms with E-state index in [0.717, 1.165) is 16.2 Å². The molecule has 0 radical (unpaired) electrons. The standard InChI is InChI=1S/C21H17FN4OS/c1-28-19-9-4-14(11-23-19)12-25-21(27)17-3-2-10-26-18(17)13-24-20(26)15-5-7-16(22)8-6-15/h2-11,13H,12H2,1H3,(H,25,27). The number of hydrogen-bond acceptors (Lipinski definition) is 4. The summed E-state index contributed by atoms with van der Waals surface area (Å²) in [4.78, 5) is 21.5. The number of nitrogens with zero attached hydrogens (tertiary/aromatic N) is 3. The van der Waals surface area contributed by atoms with Crippen molar-refractivity contribution < 1.29 is 9.18 Å². The minimum Gasteiger partial charge on any atom is -0.348 e. The highest BCUT2D eigenvalue weighted by atomic mass is 32.2. The summed E-state index contributed by atoms with van der Waals surface area (Å²) < 4.78 is 15.0. The van der Waals surface area contributed by atoms with Gasteiger partial charge >= 0.3 is 0 Å². The van der Waals surface area contributed by atoms with Crippen LogP contribution in [0.25, 0.3) is 16.9 Å². The van der Waals surface area contributed by atoms with E-state index in [0.29, 0.717) is 23.4 Å². The van der Waals surface area contributed by atoms with Gasteiger partial charge in [-0.1, -0.05) is 6.07 Å². The van der Waals surface area contributed by atoms with Crippen molar-refractivity contribution in [3.05, 3.63) is 84.1 Å². The van der Waals surface area contributed by atoms with Crippen molar-refractivity contribution in [2.24, 2.45) is 0 Å². The van der Waals surface area contributed by atoms with E-state index in [2.05, 4.69) is 15.3 Å². The molecule has 0 saturated carbocycles. The molecular formula is C21H17FN4OS. The van der Waals surface area contributed by atoms with E-state index in [4.69, 9.17) is 0 Å². The maximum absolute atomic E-state index is 13.2. The molecule has 4 aromatic rings. The van der Waals surface area contributed by atoms with Crippen molar-refractivity contribution in [3.63, 3.8) is 0 Å². The highest BCUT2D eigenvalue weighted by Gasteiger charge is 2.14. The third-order valence-electron chi connectivity index (χ3n) is 4.38. The number of hydrogen-bond donors (Lipinski definition) is 1. The number of nitrogens with one attached hydrogen (secondary N) is 1. The van der Waals surface area contributed by atoms with E-state index in [1.165, 1.54) is 12.1 Å². The second kappa shape index (κ2) is 7.82. The van der Waals surface area contributed by atoms with Crippen molar-refractivity contribution in [2.45, 2.75) is 11.6 Å². The first-order valence-electron chi connectivity index (χ1n) is 8.65. The van der Waals surface area contributed by atoms with Gasteiger partial charge in [-0.3, -0.25) is 9.20 Å². The maximum atomic E-state index is 13.2. The first kappa shape index (κ1) is 18.2. The summed E-state index contributed by atoms with van der Waals surface area (Å²) in [7, 11) is 0. The Bertz CT molecular complexity index is 1120. The number of aromatic nitrogens is 3. The fraction of sp³-hybridized carbons (Fsp3) is 0.0952. The fourth-order valence-electron chi connectivity index (χ4n) is 2.94. The number of pyridine rings is 2. The lowest BCUT2D eigenvalue weighted by Crippen LogP contribution is -2.23. The molecule has 1 aromatic carbocycles. The van der Waals surface area contributed by atoms with Crippen LogP contribution in [0.1, 0.15) is 15.9 Å². The highest BCUT2D eigenvalue weighted by Crippen LogP contribution is 2.22. The Labute approximate surface area is 165 Å². The Balaban J connectivity index is 1.58. The number of imidazole rings is 1. The lowest BCUT2D eigenvalue weighted by atomic mass is 10.2. The summed E-state index contributed by atoms with van der Waals surface area (Å²) in [5.41, 5.74) is 2.92. The molecule has 0 atom stereocenters. The van der Waals surface area contributed by atoms with Gasteiger partial charge in [0.1, 0.15) is 11.6 Å². The van der Waals surface area contributed by atoms with Gasteiger partial charge in [-0.2, -0.15) is 0 Å². The summed E-state index contributed by atoms with van der Waals surface area (Å²) in [6, 6.07) is 13.6. The predicted octanol–water partition coefficient (Wildman–Crippen LogP) is 4.19. The summed E-state index contributed by atoms with van der Waals surface area (Å²) >= 11 is 1.57. The van der Waals surface area contributed by atoms with Gasteiger partial charge in [0.25, 0.3) is 5.91 Å². The van der Waals surface area contributed by atoms with E-state index < -0.39 is 0 Å². The largest absolute Gasteiger partial charge is 0.348 e. The van der Waals surface area contributed by atoms with E-state index in [-0.39, 0.29) is 11.7 Å². The van der Waals surface area contributed by atoms with Crippen LogP contribution in [0, 0.1) is 5.82 Å². The molecule has 5 nitrogen and oxygen atoms in total. The molecule has 1 N–H and O–H groups in total. The molecular weight excluding hydrogens is 375 g/mol. The van der Waals surface area contributed by atoms with E-state index in [1.807, 2.05) is 29.0 Å². The number of halogens is 1. The predicted molar refractivity (Wildman–Crippen MR) is 108 cm³/mol.